The van der Waals surface area contributed by atoms with Crippen LogP contribution < -0.4 is 10.6 Å². The standard InChI is InChI=1S/C19H27ClN6O.ClH/c1-2-5-17-18(23-24-26(17)16-7-3-6-15(20)14-16)19(27)22-8-4-11-25-12-9-21-10-13-25;/h3,6-7,14,21H,2,4-5,8-13H2,1H3,(H,22,27);1H. The SMILES string of the molecule is CCCc1c(C(=O)NCCCN2CCNCC2)nnn1-c1cccc(Cl)c1.Cl. The number of rotatable bonds is 8. The summed E-state index contributed by atoms with van der Waals surface area (Å²) in [5.74, 6) is -0.160. The topological polar surface area (TPSA) is 75.1 Å². The molecule has 7 nitrogen and oxygen atoms in total. The van der Waals surface area contributed by atoms with Gasteiger partial charge in [0, 0.05) is 37.7 Å². The third-order valence-corrected chi connectivity index (χ3v) is 4.90. The Kier molecular flexibility index (Phi) is 9.18. The molecule has 1 amide bonds. The van der Waals surface area contributed by atoms with Crippen LogP contribution in [0.1, 0.15) is 35.9 Å². The van der Waals surface area contributed by atoms with E-state index in [-0.39, 0.29) is 18.3 Å². The number of piperazine rings is 1. The zero-order valence-electron chi connectivity index (χ0n) is 16.2. The molecule has 1 saturated heterocycles. The van der Waals surface area contributed by atoms with E-state index in [1.165, 1.54) is 0 Å². The molecular formula is C19H28Cl2N6O. The van der Waals surface area contributed by atoms with Crippen molar-refractivity contribution in [3.05, 3.63) is 40.7 Å². The highest BCUT2D eigenvalue weighted by Crippen LogP contribution is 2.18. The number of hydrogen-bond acceptors (Lipinski definition) is 5. The van der Waals surface area contributed by atoms with E-state index < -0.39 is 0 Å². The van der Waals surface area contributed by atoms with E-state index in [9.17, 15) is 4.79 Å². The summed E-state index contributed by atoms with van der Waals surface area (Å²) in [5, 5.41) is 15.3. The Labute approximate surface area is 177 Å². The molecule has 0 saturated carbocycles. The van der Waals surface area contributed by atoms with Gasteiger partial charge in [0.15, 0.2) is 5.69 Å². The molecule has 28 heavy (non-hydrogen) atoms. The summed E-state index contributed by atoms with van der Waals surface area (Å²) in [6.07, 6.45) is 2.55. The maximum atomic E-state index is 12.6. The van der Waals surface area contributed by atoms with Crippen LogP contribution in [-0.4, -0.2) is 65.1 Å². The number of benzene rings is 1. The third-order valence-electron chi connectivity index (χ3n) is 4.66. The van der Waals surface area contributed by atoms with Crippen LogP contribution in [0.15, 0.2) is 24.3 Å². The van der Waals surface area contributed by atoms with Crippen LogP contribution in [0.5, 0.6) is 0 Å². The van der Waals surface area contributed by atoms with Gasteiger partial charge in [-0.15, -0.1) is 17.5 Å². The first-order chi connectivity index (χ1) is 13.2. The van der Waals surface area contributed by atoms with Crippen molar-refractivity contribution in [3.63, 3.8) is 0 Å². The second-order valence-electron chi connectivity index (χ2n) is 6.73. The van der Waals surface area contributed by atoms with Crippen LogP contribution in [0.3, 0.4) is 0 Å². The Morgan fingerprint density at radius 1 is 1.32 bits per heavy atom. The van der Waals surface area contributed by atoms with Crippen LogP contribution in [0.2, 0.25) is 5.02 Å². The van der Waals surface area contributed by atoms with E-state index in [4.69, 9.17) is 11.6 Å². The van der Waals surface area contributed by atoms with Crippen LogP contribution in [0, 0.1) is 0 Å². The van der Waals surface area contributed by atoms with Gasteiger partial charge in [-0.2, -0.15) is 0 Å². The maximum absolute atomic E-state index is 12.6. The van der Waals surface area contributed by atoms with Gasteiger partial charge in [0.25, 0.3) is 5.91 Å². The van der Waals surface area contributed by atoms with Crippen molar-refractivity contribution >= 4 is 29.9 Å². The summed E-state index contributed by atoms with van der Waals surface area (Å²) in [6, 6.07) is 7.41. The molecule has 9 heteroatoms. The first kappa shape index (κ1) is 22.6. The highest BCUT2D eigenvalue weighted by Gasteiger charge is 2.20. The van der Waals surface area contributed by atoms with Crippen molar-refractivity contribution in [2.24, 2.45) is 0 Å². The minimum atomic E-state index is -0.160. The molecule has 1 aromatic carbocycles. The summed E-state index contributed by atoms with van der Waals surface area (Å²) in [6.45, 7) is 7.94. The van der Waals surface area contributed by atoms with Gasteiger partial charge in [0.2, 0.25) is 0 Å². The van der Waals surface area contributed by atoms with E-state index in [0.29, 0.717) is 17.3 Å². The summed E-state index contributed by atoms with van der Waals surface area (Å²) in [7, 11) is 0. The Morgan fingerprint density at radius 3 is 2.82 bits per heavy atom. The largest absolute Gasteiger partial charge is 0.351 e. The number of carbonyl (C=O) groups excluding carboxylic acids is 1. The highest BCUT2D eigenvalue weighted by molar-refractivity contribution is 6.30. The second kappa shape index (κ2) is 11.4. The zero-order valence-corrected chi connectivity index (χ0v) is 17.7. The zero-order chi connectivity index (χ0) is 19.1. The molecule has 0 spiro atoms. The molecule has 0 aliphatic carbocycles. The molecule has 1 aliphatic heterocycles. The fraction of sp³-hybridized carbons (Fsp3) is 0.526. The Bertz CT molecular complexity index is 761. The molecular weight excluding hydrogens is 399 g/mol. The maximum Gasteiger partial charge on any atom is 0.273 e. The van der Waals surface area contributed by atoms with Gasteiger partial charge < -0.3 is 15.5 Å². The lowest BCUT2D eigenvalue weighted by Gasteiger charge is -2.27. The van der Waals surface area contributed by atoms with Gasteiger partial charge in [-0.3, -0.25) is 4.79 Å². The second-order valence-corrected chi connectivity index (χ2v) is 7.16. The molecule has 1 aromatic heterocycles. The monoisotopic (exact) mass is 426 g/mol. The minimum Gasteiger partial charge on any atom is -0.351 e. The molecule has 1 fully saturated rings. The smallest absolute Gasteiger partial charge is 0.273 e. The number of hydrogen-bond donors (Lipinski definition) is 2. The van der Waals surface area contributed by atoms with Gasteiger partial charge in [0.1, 0.15) is 0 Å². The Morgan fingerprint density at radius 2 is 2.11 bits per heavy atom. The van der Waals surface area contributed by atoms with Crippen molar-refractivity contribution in [1.82, 2.24) is 30.5 Å². The van der Waals surface area contributed by atoms with Crippen molar-refractivity contribution in [3.8, 4) is 5.69 Å². The quantitative estimate of drug-likeness (QED) is 0.633. The molecule has 2 aromatic rings. The van der Waals surface area contributed by atoms with E-state index in [2.05, 4.69) is 32.8 Å². The van der Waals surface area contributed by atoms with Crippen LogP contribution in [0.25, 0.3) is 5.69 Å². The summed E-state index contributed by atoms with van der Waals surface area (Å²) in [5.41, 5.74) is 2.04. The van der Waals surface area contributed by atoms with Gasteiger partial charge >= 0.3 is 0 Å². The van der Waals surface area contributed by atoms with Crippen molar-refractivity contribution in [1.29, 1.82) is 0 Å². The molecule has 0 bridgehead atoms. The first-order valence-corrected chi connectivity index (χ1v) is 9.98. The van der Waals surface area contributed by atoms with Gasteiger partial charge in [-0.25, -0.2) is 4.68 Å². The molecule has 0 atom stereocenters. The molecule has 3 rings (SSSR count). The highest BCUT2D eigenvalue weighted by atomic mass is 35.5. The normalized spacial score (nSPS) is 14.5. The average Bonchev–Trinajstić information content (AvgIpc) is 3.10. The fourth-order valence-corrected chi connectivity index (χ4v) is 3.46. The summed E-state index contributed by atoms with van der Waals surface area (Å²) in [4.78, 5) is 15.0. The number of amides is 1. The van der Waals surface area contributed by atoms with Crippen LogP contribution in [-0.2, 0) is 6.42 Å². The number of nitrogens with one attached hydrogen (secondary N) is 2. The molecule has 1 aliphatic rings. The number of carbonyl (C=O) groups is 1. The summed E-state index contributed by atoms with van der Waals surface area (Å²) < 4.78 is 1.71. The van der Waals surface area contributed by atoms with E-state index >= 15 is 0 Å². The van der Waals surface area contributed by atoms with Crippen LogP contribution >= 0.6 is 24.0 Å². The van der Waals surface area contributed by atoms with Crippen molar-refractivity contribution in [2.75, 3.05) is 39.3 Å². The fourth-order valence-electron chi connectivity index (χ4n) is 3.28. The predicted octanol–water partition coefficient (Wildman–Crippen LogP) is 2.32. The molecule has 2 N–H and O–H groups in total. The number of nitrogens with zero attached hydrogens (tertiary/aromatic N) is 4. The first-order valence-electron chi connectivity index (χ1n) is 9.61. The Balaban J connectivity index is 0.00000280. The van der Waals surface area contributed by atoms with Gasteiger partial charge in [0.05, 0.1) is 11.4 Å². The average molecular weight is 427 g/mol. The van der Waals surface area contributed by atoms with E-state index in [1.807, 2.05) is 24.3 Å². The van der Waals surface area contributed by atoms with Crippen molar-refractivity contribution < 1.29 is 4.79 Å². The lowest BCUT2D eigenvalue weighted by molar-refractivity contribution is 0.0945. The van der Waals surface area contributed by atoms with E-state index in [1.54, 1.807) is 4.68 Å². The van der Waals surface area contributed by atoms with Gasteiger partial charge in [-0.05, 0) is 37.6 Å². The van der Waals surface area contributed by atoms with Crippen LogP contribution in [0.4, 0.5) is 0 Å². The Hall–Kier alpha value is -1.67. The van der Waals surface area contributed by atoms with Gasteiger partial charge in [-0.1, -0.05) is 36.2 Å². The summed E-state index contributed by atoms with van der Waals surface area (Å²) >= 11 is 6.09. The van der Waals surface area contributed by atoms with Crippen molar-refractivity contribution in [2.45, 2.75) is 26.2 Å². The minimum absolute atomic E-state index is 0. The predicted molar refractivity (Wildman–Crippen MR) is 114 cm³/mol. The molecule has 2 heterocycles. The number of aromatic nitrogens is 3. The molecule has 0 radical (unpaired) electrons. The molecule has 0 unspecified atom stereocenters. The lowest BCUT2D eigenvalue weighted by Crippen LogP contribution is -2.44. The molecule has 154 valence electrons. The lowest BCUT2D eigenvalue weighted by atomic mass is 10.2. The number of halogens is 2. The third kappa shape index (κ3) is 5.91. The van der Waals surface area contributed by atoms with E-state index in [0.717, 1.165) is 63.4 Å².